The third-order valence-electron chi connectivity index (χ3n) is 5.33. The Morgan fingerprint density at radius 1 is 1.42 bits per heavy atom. The first-order valence-electron chi connectivity index (χ1n) is 8.58. The van der Waals surface area contributed by atoms with E-state index >= 15 is 0 Å². The number of halogens is 1. The molecule has 1 aromatic rings. The number of aliphatic hydroxyl groups is 2. The van der Waals surface area contributed by atoms with Gasteiger partial charge in [0, 0.05) is 38.4 Å². The molecule has 3 heterocycles. The second-order valence-corrected chi connectivity index (χ2v) is 7.49. The van der Waals surface area contributed by atoms with Gasteiger partial charge in [-0.1, -0.05) is 0 Å². The van der Waals surface area contributed by atoms with Crippen molar-refractivity contribution in [2.75, 3.05) is 37.7 Å². The lowest BCUT2D eigenvalue weighted by atomic mass is 9.95. The van der Waals surface area contributed by atoms with Gasteiger partial charge in [-0.15, -0.1) is 0 Å². The van der Waals surface area contributed by atoms with Crippen LogP contribution in [-0.4, -0.2) is 71.1 Å². The van der Waals surface area contributed by atoms with Gasteiger partial charge >= 0.3 is 0 Å². The van der Waals surface area contributed by atoms with Gasteiger partial charge in [-0.3, -0.25) is 9.88 Å². The fraction of sp³-hybridized carbons (Fsp3) is 0.706. The Bertz CT molecular complexity index is 548. The number of anilines is 1. The summed E-state index contributed by atoms with van der Waals surface area (Å²) in [5.41, 5.74) is 2.49. The molecule has 0 unspecified atom stereocenters. The Morgan fingerprint density at radius 2 is 2.25 bits per heavy atom. The summed E-state index contributed by atoms with van der Waals surface area (Å²) in [6, 6.07) is 2.08. The molecule has 6 nitrogen and oxygen atoms in total. The van der Waals surface area contributed by atoms with Crippen LogP contribution < -0.4 is 4.90 Å². The summed E-state index contributed by atoms with van der Waals surface area (Å²) in [5.74, 6) is 0.559. The maximum absolute atomic E-state index is 10.1. The molecule has 0 saturated carbocycles. The van der Waals surface area contributed by atoms with Crippen LogP contribution in [0.5, 0.6) is 0 Å². The van der Waals surface area contributed by atoms with Crippen molar-refractivity contribution < 1.29 is 13.3 Å². The number of hydrogen-bond donors (Lipinski definition) is 2. The minimum absolute atomic E-state index is 0.0250. The summed E-state index contributed by atoms with van der Waals surface area (Å²) in [5, 5.41) is 19.8. The van der Waals surface area contributed by atoms with E-state index in [-0.39, 0.29) is 18.8 Å². The Hall–Kier alpha value is -0.480. The highest BCUT2D eigenvalue weighted by molar-refractivity contribution is 14.1. The van der Waals surface area contributed by atoms with Gasteiger partial charge in [-0.2, -0.15) is 0 Å². The molecule has 1 aromatic heterocycles. The first-order chi connectivity index (χ1) is 11.6. The number of piperidine rings is 1. The normalized spacial score (nSPS) is 31.6. The van der Waals surface area contributed by atoms with Gasteiger partial charge in [-0.25, -0.2) is 0 Å². The minimum Gasteiger partial charge on any atom is -0.395 e. The van der Waals surface area contributed by atoms with Crippen LogP contribution in [-0.2, 0) is 3.07 Å². The number of aryl methyl sites for hydroxylation is 1. The molecule has 2 N–H and O–H groups in total. The van der Waals surface area contributed by atoms with E-state index < -0.39 is 6.10 Å². The van der Waals surface area contributed by atoms with Gasteiger partial charge in [0.25, 0.3) is 0 Å². The van der Waals surface area contributed by atoms with Gasteiger partial charge in [0.15, 0.2) is 0 Å². The van der Waals surface area contributed by atoms with Crippen LogP contribution in [0.3, 0.4) is 0 Å². The lowest BCUT2D eigenvalue weighted by Gasteiger charge is -2.41. The number of aliphatic hydroxyl groups excluding tert-OH is 2. The van der Waals surface area contributed by atoms with E-state index in [1.807, 2.05) is 35.4 Å². The number of nitrogens with zero attached hydrogens (tertiary/aromatic N) is 3. The zero-order valence-electron chi connectivity index (χ0n) is 14.0. The largest absolute Gasteiger partial charge is 0.395 e. The molecule has 3 rings (SSSR count). The molecule has 2 aliphatic heterocycles. The van der Waals surface area contributed by atoms with Crippen molar-refractivity contribution in [2.45, 2.75) is 38.0 Å². The topological polar surface area (TPSA) is 69.1 Å². The van der Waals surface area contributed by atoms with Crippen LogP contribution in [0.2, 0.25) is 0 Å². The number of hydrogen-bond acceptors (Lipinski definition) is 6. The van der Waals surface area contributed by atoms with E-state index in [9.17, 15) is 10.2 Å². The van der Waals surface area contributed by atoms with Gasteiger partial charge in [0.1, 0.15) is 29.1 Å². The number of pyridine rings is 1. The highest BCUT2D eigenvalue weighted by atomic mass is 127. The molecule has 0 aromatic carbocycles. The summed E-state index contributed by atoms with van der Waals surface area (Å²) in [4.78, 5) is 8.96. The molecular formula is C17H26IN3O3. The van der Waals surface area contributed by atoms with Gasteiger partial charge < -0.3 is 18.2 Å². The monoisotopic (exact) mass is 447 g/mol. The number of rotatable bonds is 5. The van der Waals surface area contributed by atoms with E-state index in [4.69, 9.17) is 3.07 Å². The van der Waals surface area contributed by atoms with E-state index in [1.165, 1.54) is 11.3 Å². The van der Waals surface area contributed by atoms with Crippen LogP contribution in [0.25, 0.3) is 0 Å². The zero-order chi connectivity index (χ0) is 17.1. The average Bonchev–Trinajstić information content (AvgIpc) is 3.04. The van der Waals surface area contributed by atoms with Crippen LogP contribution in [0, 0.1) is 12.8 Å². The van der Waals surface area contributed by atoms with Crippen molar-refractivity contribution in [3.63, 3.8) is 0 Å². The Labute approximate surface area is 157 Å². The summed E-state index contributed by atoms with van der Waals surface area (Å²) < 4.78 is 5.38. The van der Waals surface area contributed by atoms with Crippen molar-refractivity contribution in [2.24, 2.45) is 5.92 Å². The zero-order valence-corrected chi connectivity index (χ0v) is 16.2. The standard InChI is InChI=1S/C17H26IN3O3/c1-12-2-4-19-7-15(12)20-5-3-13(8-20)9-21-10-17(24-18)16(23)6-14(21)11-22/h2,4,7,13-14,16-17,22-23H,3,5-6,8-11H2,1H3/t13-,14-,16+,17+/m1/s1. The van der Waals surface area contributed by atoms with E-state index in [2.05, 4.69) is 27.8 Å². The molecule has 0 radical (unpaired) electrons. The lowest BCUT2D eigenvalue weighted by Crippen LogP contribution is -2.55. The van der Waals surface area contributed by atoms with Crippen molar-refractivity contribution in [1.82, 2.24) is 9.88 Å². The van der Waals surface area contributed by atoms with Gasteiger partial charge in [0.05, 0.1) is 24.6 Å². The van der Waals surface area contributed by atoms with Crippen molar-refractivity contribution >= 4 is 28.7 Å². The van der Waals surface area contributed by atoms with E-state index in [1.54, 1.807) is 0 Å². The SMILES string of the molecule is Cc1ccncc1N1CC[C@@H](CN2C[C@H](OI)[C@@H](O)C[C@@H]2CO)C1. The number of aromatic nitrogens is 1. The fourth-order valence-electron chi connectivity index (χ4n) is 3.90. The summed E-state index contributed by atoms with van der Waals surface area (Å²) in [7, 11) is 0. The first kappa shape index (κ1) is 18.3. The Balaban J connectivity index is 1.61. The second kappa shape index (κ2) is 8.27. The van der Waals surface area contributed by atoms with Crippen LogP contribution in [0.4, 0.5) is 5.69 Å². The lowest BCUT2D eigenvalue weighted by molar-refractivity contribution is -0.0495. The predicted molar refractivity (Wildman–Crippen MR) is 101 cm³/mol. The predicted octanol–water partition coefficient (Wildman–Crippen LogP) is 1.38. The molecule has 2 saturated heterocycles. The fourth-order valence-corrected chi connectivity index (χ4v) is 4.40. The van der Waals surface area contributed by atoms with Gasteiger partial charge in [-0.05, 0) is 37.3 Å². The summed E-state index contributed by atoms with van der Waals surface area (Å²) >= 11 is 1.87. The van der Waals surface area contributed by atoms with Gasteiger partial charge in [0.2, 0.25) is 0 Å². The molecule has 2 fully saturated rings. The molecule has 134 valence electrons. The molecule has 0 bridgehead atoms. The van der Waals surface area contributed by atoms with Crippen molar-refractivity contribution in [3.8, 4) is 0 Å². The molecule has 7 heteroatoms. The van der Waals surface area contributed by atoms with E-state index in [0.717, 1.165) is 26.1 Å². The molecule has 2 aliphatic rings. The Morgan fingerprint density at radius 3 is 2.96 bits per heavy atom. The minimum atomic E-state index is -0.492. The van der Waals surface area contributed by atoms with E-state index in [0.29, 0.717) is 18.9 Å². The van der Waals surface area contributed by atoms with Crippen molar-refractivity contribution in [1.29, 1.82) is 0 Å². The smallest absolute Gasteiger partial charge is 0.110 e. The third kappa shape index (κ3) is 4.01. The van der Waals surface area contributed by atoms with Crippen LogP contribution in [0.1, 0.15) is 18.4 Å². The molecule has 0 aliphatic carbocycles. The Kier molecular flexibility index (Phi) is 6.31. The quantitative estimate of drug-likeness (QED) is 0.665. The first-order valence-corrected chi connectivity index (χ1v) is 9.46. The molecule has 24 heavy (non-hydrogen) atoms. The number of likely N-dealkylation sites (tertiary alicyclic amines) is 1. The molecular weight excluding hydrogens is 421 g/mol. The average molecular weight is 447 g/mol. The highest BCUT2D eigenvalue weighted by Gasteiger charge is 2.36. The summed E-state index contributed by atoms with van der Waals surface area (Å²) in [6.07, 6.45) is 4.83. The molecule has 0 amide bonds. The second-order valence-electron chi connectivity index (χ2n) is 6.98. The summed E-state index contributed by atoms with van der Waals surface area (Å²) in [6.45, 7) is 5.88. The van der Waals surface area contributed by atoms with Crippen LogP contribution in [0.15, 0.2) is 18.5 Å². The molecule has 4 atom stereocenters. The maximum Gasteiger partial charge on any atom is 0.110 e. The van der Waals surface area contributed by atoms with Crippen LogP contribution >= 0.6 is 23.0 Å². The third-order valence-corrected chi connectivity index (χ3v) is 5.98. The molecule has 0 spiro atoms. The maximum atomic E-state index is 10.1. The van der Waals surface area contributed by atoms with Crippen molar-refractivity contribution in [3.05, 3.63) is 24.0 Å². The highest BCUT2D eigenvalue weighted by Crippen LogP contribution is 2.29.